The zero-order valence-electron chi connectivity index (χ0n) is 11.2. The van der Waals surface area contributed by atoms with E-state index in [1.165, 1.54) is 0 Å². The third-order valence-corrected chi connectivity index (χ3v) is 3.37. The predicted molar refractivity (Wildman–Crippen MR) is 70.0 cm³/mol. The lowest BCUT2D eigenvalue weighted by atomic mass is 10.1. The van der Waals surface area contributed by atoms with Crippen molar-refractivity contribution in [3.63, 3.8) is 0 Å². The van der Waals surface area contributed by atoms with Crippen molar-refractivity contribution in [1.29, 1.82) is 0 Å². The van der Waals surface area contributed by atoms with Gasteiger partial charge >= 0.3 is 0 Å². The van der Waals surface area contributed by atoms with Crippen LogP contribution in [0.1, 0.15) is 18.6 Å². The van der Waals surface area contributed by atoms with Gasteiger partial charge in [-0.05, 0) is 12.5 Å². The van der Waals surface area contributed by atoms with Gasteiger partial charge in [-0.25, -0.2) is 0 Å². The lowest BCUT2D eigenvalue weighted by molar-refractivity contribution is -0.0730. The highest BCUT2D eigenvalue weighted by molar-refractivity contribution is 5.18. The van der Waals surface area contributed by atoms with Gasteiger partial charge in [0.2, 0.25) is 0 Å². The Labute approximate surface area is 113 Å². The molecule has 2 fully saturated rings. The number of ether oxygens (including phenoxy) is 4. The molecule has 19 heavy (non-hydrogen) atoms. The van der Waals surface area contributed by atoms with Crippen LogP contribution in [0.5, 0.6) is 0 Å². The molecule has 0 N–H and O–H groups in total. The molecular formula is C15H20O4. The number of epoxide rings is 2. The van der Waals surface area contributed by atoms with Crippen LogP contribution in [0.4, 0.5) is 0 Å². The normalized spacial score (nSPS) is 27.8. The minimum atomic E-state index is -0.0517. The van der Waals surface area contributed by atoms with Crippen LogP contribution in [0.2, 0.25) is 0 Å². The topological polar surface area (TPSA) is 43.5 Å². The zero-order valence-corrected chi connectivity index (χ0v) is 11.2. The van der Waals surface area contributed by atoms with E-state index in [4.69, 9.17) is 18.9 Å². The third-order valence-electron chi connectivity index (χ3n) is 3.37. The minimum absolute atomic E-state index is 0.00495. The fourth-order valence-corrected chi connectivity index (χ4v) is 2.03. The Hall–Kier alpha value is -0.940. The fraction of sp³-hybridized carbons (Fsp3) is 0.600. The molecule has 0 saturated carbocycles. The monoisotopic (exact) mass is 264 g/mol. The van der Waals surface area contributed by atoms with E-state index in [1.807, 2.05) is 25.1 Å². The first-order chi connectivity index (χ1) is 9.33. The zero-order chi connectivity index (χ0) is 13.1. The van der Waals surface area contributed by atoms with Gasteiger partial charge in [-0.1, -0.05) is 30.3 Å². The molecule has 2 aliphatic rings. The Bertz CT molecular complexity index is 386. The van der Waals surface area contributed by atoms with Crippen molar-refractivity contribution in [3.8, 4) is 0 Å². The molecule has 0 bridgehead atoms. The average Bonchev–Trinajstić information content (AvgIpc) is 3.32. The van der Waals surface area contributed by atoms with Gasteiger partial charge < -0.3 is 18.9 Å². The van der Waals surface area contributed by atoms with E-state index in [0.717, 1.165) is 18.8 Å². The summed E-state index contributed by atoms with van der Waals surface area (Å²) in [6.45, 7) is 4.96. The van der Waals surface area contributed by atoms with Crippen molar-refractivity contribution in [1.82, 2.24) is 0 Å². The van der Waals surface area contributed by atoms with Crippen LogP contribution in [-0.4, -0.2) is 44.7 Å². The highest BCUT2D eigenvalue weighted by atomic mass is 16.6. The number of hydrogen-bond acceptors (Lipinski definition) is 4. The van der Waals surface area contributed by atoms with Crippen LogP contribution < -0.4 is 0 Å². The molecule has 0 spiro atoms. The summed E-state index contributed by atoms with van der Waals surface area (Å²) in [6, 6.07) is 10.2. The minimum Gasteiger partial charge on any atom is -0.373 e. The van der Waals surface area contributed by atoms with Gasteiger partial charge in [-0.15, -0.1) is 0 Å². The van der Waals surface area contributed by atoms with Crippen LogP contribution in [0.3, 0.4) is 0 Å². The Morgan fingerprint density at radius 3 is 2.21 bits per heavy atom. The van der Waals surface area contributed by atoms with Gasteiger partial charge in [0.15, 0.2) is 0 Å². The van der Waals surface area contributed by atoms with Crippen LogP contribution in [0.15, 0.2) is 30.3 Å². The highest BCUT2D eigenvalue weighted by Crippen LogP contribution is 2.26. The maximum absolute atomic E-state index is 5.98. The summed E-state index contributed by atoms with van der Waals surface area (Å²) in [6.07, 6.45) is 0.505. The van der Waals surface area contributed by atoms with Crippen molar-refractivity contribution >= 4 is 0 Å². The molecule has 0 aliphatic carbocycles. The summed E-state index contributed by atoms with van der Waals surface area (Å²) >= 11 is 0. The molecule has 1 aromatic rings. The first-order valence-electron chi connectivity index (χ1n) is 6.84. The summed E-state index contributed by atoms with van der Waals surface area (Å²) in [4.78, 5) is 0. The van der Waals surface area contributed by atoms with Crippen molar-refractivity contribution in [2.24, 2.45) is 0 Å². The molecule has 4 unspecified atom stereocenters. The van der Waals surface area contributed by atoms with Crippen LogP contribution in [0.25, 0.3) is 0 Å². The smallest absolute Gasteiger partial charge is 0.108 e. The summed E-state index contributed by atoms with van der Waals surface area (Å²) in [5.41, 5.74) is 1.15. The molecule has 2 saturated heterocycles. The maximum atomic E-state index is 5.98. The SMILES string of the molecule is CC(OCC1CO1)C(OCC1CO1)c1ccccc1. The van der Waals surface area contributed by atoms with Crippen molar-refractivity contribution in [2.75, 3.05) is 26.4 Å². The van der Waals surface area contributed by atoms with Crippen LogP contribution in [0, 0.1) is 0 Å². The number of hydrogen-bond donors (Lipinski definition) is 0. The number of rotatable bonds is 8. The Morgan fingerprint density at radius 2 is 1.63 bits per heavy atom. The molecule has 0 aromatic heterocycles. The summed E-state index contributed by atoms with van der Waals surface area (Å²) in [5, 5.41) is 0. The Kier molecular flexibility index (Phi) is 4.13. The second kappa shape index (κ2) is 6.01. The van der Waals surface area contributed by atoms with Gasteiger partial charge in [0.05, 0.1) is 32.5 Å². The first-order valence-corrected chi connectivity index (χ1v) is 6.84. The van der Waals surface area contributed by atoms with Gasteiger partial charge in [-0.3, -0.25) is 0 Å². The van der Waals surface area contributed by atoms with Crippen molar-refractivity contribution in [3.05, 3.63) is 35.9 Å². The molecule has 4 nitrogen and oxygen atoms in total. The third kappa shape index (κ3) is 4.01. The van der Waals surface area contributed by atoms with Crippen molar-refractivity contribution < 1.29 is 18.9 Å². The van der Waals surface area contributed by atoms with Gasteiger partial charge in [0, 0.05) is 0 Å². The Balaban J connectivity index is 1.59. The molecule has 0 radical (unpaired) electrons. The predicted octanol–water partition coefficient (Wildman–Crippen LogP) is 1.95. The van der Waals surface area contributed by atoms with Crippen LogP contribution >= 0.6 is 0 Å². The second-order valence-corrected chi connectivity index (χ2v) is 5.11. The molecule has 2 heterocycles. The van der Waals surface area contributed by atoms with E-state index in [-0.39, 0.29) is 24.4 Å². The molecule has 0 amide bonds. The lowest BCUT2D eigenvalue weighted by Crippen LogP contribution is -2.25. The molecule has 2 aliphatic heterocycles. The van der Waals surface area contributed by atoms with E-state index in [2.05, 4.69) is 12.1 Å². The average molecular weight is 264 g/mol. The maximum Gasteiger partial charge on any atom is 0.108 e. The van der Waals surface area contributed by atoms with Gasteiger partial charge in [-0.2, -0.15) is 0 Å². The summed E-state index contributed by atoms with van der Waals surface area (Å²) < 4.78 is 22.2. The molecular weight excluding hydrogens is 244 g/mol. The molecule has 104 valence electrons. The standard InChI is InChI=1S/C15H20O4/c1-11(16-7-13-8-17-13)15(19-10-14-9-18-14)12-5-3-2-4-6-12/h2-6,11,13-15H,7-10H2,1H3. The van der Waals surface area contributed by atoms with E-state index < -0.39 is 0 Å². The molecule has 3 rings (SSSR count). The fourth-order valence-electron chi connectivity index (χ4n) is 2.03. The molecule has 4 atom stereocenters. The van der Waals surface area contributed by atoms with E-state index in [1.54, 1.807) is 0 Å². The first kappa shape index (κ1) is 13.1. The van der Waals surface area contributed by atoms with E-state index >= 15 is 0 Å². The quantitative estimate of drug-likeness (QED) is 0.673. The van der Waals surface area contributed by atoms with Crippen molar-refractivity contribution in [2.45, 2.75) is 31.3 Å². The summed E-state index contributed by atoms with van der Waals surface area (Å²) in [5.74, 6) is 0. The molecule has 1 aromatic carbocycles. The van der Waals surface area contributed by atoms with E-state index in [9.17, 15) is 0 Å². The summed E-state index contributed by atoms with van der Waals surface area (Å²) in [7, 11) is 0. The van der Waals surface area contributed by atoms with Gasteiger partial charge in [0.1, 0.15) is 18.3 Å². The van der Waals surface area contributed by atoms with Crippen LogP contribution in [-0.2, 0) is 18.9 Å². The lowest BCUT2D eigenvalue weighted by Gasteiger charge is -2.24. The second-order valence-electron chi connectivity index (χ2n) is 5.11. The highest BCUT2D eigenvalue weighted by Gasteiger charge is 2.29. The largest absolute Gasteiger partial charge is 0.373 e. The molecule has 4 heteroatoms. The number of benzene rings is 1. The van der Waals surface area contributed by atoms with E-state index in [0.29, 0.717) is 13.2 Å². The Morgan fingerprint density at radius 1 is 1.05 bits per heavy atom. The van der Waals surface area contributed by atoms with Gasteiger partial charge in [0.25, 0.3) is 0 Å².